The highest BCUT2D eigenvalue weighted by Crippen LogP contribution is 2.15. The first-order valence-electron chi connectivity index (χ1n) is 7.50. The zero-order chi connectivity index (χ0) is 14.4. The van der Waals surface area contributed by atoms with Gasteiger partial charge in [0.25, 0.3) is 0 Å². The van der Waals surface area contributed by atoms with Gasteiger partial charge in [-0.05, 0) is 57.0 Å². The third-order valence-electron chi connectivity index (χ3n) is 3.67. The molecule has 1 unspecified atom stereocenters. The Kier molecular flexibility index (Phi) is 5.56. The maximum absolute atomic E-state index is 11.7. The number of benzene rings is 1. The van der Waals surface area contributed by atoms with Gasteiger partial charge in [-0.15, -0.1) is 0 Å². The standard InChI is InChI=1S/C16H25N3O/c1-13(17)4-9-16(20)18-15-7-5-14(6-8-15)12-19-10-2-3-11-19/h5-8,13H,2-4,9-12,17H2,1H3,(H,18,20). The van der Waals surface area contributed by atoms with Gasteiger partial charge in [0.15, 0.2) is 0 Å². The number of nitrogens with two attached hydrogens (primary N) is 1. The molecular formula is C16H25N3O. The molecule has 0 aromatic heterocycles. The lowest BCUT2D eigenvalue weighted by Crippen LogP contribution is -2.19. The topological polar surface area (TPSA) is 58.4 Å². The minimum absolute atomic E-state index is 0.0367. The van der Waals surface area contributed by atoms with E-state index in [1.807, 2.05) is 19.1 Å². The van der Waals surface area contributed by atoms with E-state index in [0.717, 1.165) is 18.7 Å². The second-order valence-corrected chi connectivity index (χ2v) is 5.74. The second-order valence-electron chi connectivity index (χ2n) is 5.74. The van der Waals surface area contributed by atoms with Crippen LogP contribution in [0.5, 0.6) is 0 Å². The molecule has 0 aliphatic carbocycles. The zero-order valence-electron chi connectivity index (χ0n) is 12.3. The fourth-order valence-corrected chi connectivity index (χ4v) is 2.47. The van der Waals surface area contributed by atoms with Gasteiger partial charge < -0.3 is 11.1 Å². The third kappa shape index (κ3) is 4.94. The molecule has 1 aromatic rings. The zero-order valence-corrected chi connectivity index (χ0v) is 12.3. The lowest BCUT2D eigenvalue weighted by Gasteiger charge is -2.14. The molecule has 1 atom stereocenters. The molecule has 1 fully saturated rings. The van der Waals surface area contributed by atoms with Crippen molar-refractivity contribution in [2.45, 2.75) is 45.2 Å². The molecule has 3 N–H and O–H groups in total. The van der Waals surface area contributed by atoms with Crippen LogP contribution in [0.4, 0.5) is 5.69 Å². The largest absolute Gasteiger partial charge is 0.328 e. The first kappa shape index (κ1) is 15.0. The van der Waals surface area contributed by atoms with E-state index in [0.29, 0.717) is 6.42 Å². The Morgan fingerprint density at radius 2 is 1.95 bits per heavy atom. The number of hydrogen-bond acceptors (Lipinski definition) is 3. The number of nitrogens with one attached hydrogen (secondary N) is 1. The minimum Gasteiger partial charge on any atom is -0.328 e. The van der Waals surface area contributed by atoms with Crippen LogP contribution in [-0.2, 0) is 11.3 Å². The minimum atomic E-state index is 0.0367. The second kappa shape index (κ2) is 7.41. The van der Waals surface area contributed by atoms with Crippen LogP contribution in [0.1, 0.15) is 38.2 Å². The van der Waals surface area contributed by atoms with Crippen LogP contribution < -0.4 is 11.1 Å². The summed E-state index contributed by atoms with van der Waals surface area (Å²) >= 11 is 0. The Morgan fingerprint density at radius 3 is 2.55 bits per heavy atom. The van der Waals surface area contributed by atoms with Crippen molar-refractivity contribution in [3.8, 4) is 0 Å². The third-order valence-corrected chi connectivity index (χ3v) is 3.67. The summed E-state index contributed by atoms with van der Waals surface area (Å²) in [5.41, 5.74) is 7.82. The number of hydrogen-bond donors (Lipinski definition) is 2. The molecule has 4 heteroatoms. The molecule has 1 aliphatic rings. The molecule has 1 aromatic carbocycles. The lowest BCUT2D eigenvalue weighted by atomic mass is 10.1. The van der Waals surface area contributed by atoms with E-state index in [1.165, 1.54) is 31.5 Å². The molecular weight excluding hydrogens is 250 g/mol. The van der Waals surface area contributed by atoms with E-state index in [-0.39, 0.29) is 11.9 Å². The number of carbonyl (C=O) groups excluding carboxylic acids is 1. The highest BCUT2D eigenvalue weighted by atomic mass is 16.1. The van der Waals surface area contributed by atoms with Crippen LogP contribution in [0.25, 0.3) is 0 Å². The molecule has 0 radical (unpaired) electrons. The molecule has 1 saturated heterocycles. The number of amides is 1. The lowest BCUT2D eigenvalue weighted by molar-refractivity contribution is -0.116. The Morgan fingerprint density at radius 1 is 1.30 bits per heavy atom. The van der Waals surface area contributed by atoms with E-state index in [4.69, 9.17) is 5.73 Å². The molecule has 20 heavy (non-hydrogen) atoms. The van der Waals surface area contributed by atoms with Gasteiger partial charge in [0.1, 0.15) is 0 Å². The highest BCUT2D eigenvalue weighted by molar-refractivity contribution is 5.90. The summed E-state index contributed by atoms with van der Waals surface area (Å²) in [6.45, 7) is 5.34. The van der Waals surface area contributed by atoms with Crippen LogP contribution in [0.3, 0.4) is 0 Å². The number of carbonyl (C=O) groups is 1. The maximum Gasteiger partial charge on any atom is 0.224 e. The van der Waals surface area contributed by atoms with Crippen molar-refractivity contribution in [2.75, 3.05) is 18.4 Å². The van der Waals surface area contributed by atoms with E-state index in [9.17, 15) is 4.79 Å². The quantitative estimate of drug-likeness (QED) is 0.838. The molecule has 0 spiro atoms. The van der Waals surface area contributed by atoms with Crippen LogP contribution >= 0.6 is 0 Å². The predicted octanol–water partition coefficient (Wildman–Crippen LogP) is 2.35. The van der Waals surface area contributed by atoms with Crippen molar-refractivity contribution in [2.24, 2.45) is 5.73 Å². The maximum atomic E-state index is 11.7. The monoisotopic (exact) mass is 275 g/mol. The van der Waals surface area contributed by atoms with Crippen LogP contribution in [0.2, 0.25) is 0 Å². The van der Waals surface area contributed by atoms with Crippen molar-refractivity contribution in [3.63, 3.8) is 0 Å². The predicted molar refractivity (Wildman–Crippen MR) is 82.5 cm³/mol. The molecule has 1 amide bonds. The SMILES string of the molecule is CC(N)CCC(=O)Nc1ccc(CN2CCCC2)cc1. The molecule has 110 valence electrons. The van der Waals surface area contributed by atoms with Crippen LogP contribution in [0, 0.1) is 0 Å². The van der Waals surface area contributed by atoms with E-state index in [1.54, 1.807) is 0 Å². The summed E-state index contributed by atoms with van der Waals surface area (Å²) in [5.74, 6) is 0.0367. The number of nitrogens with zero attached hydrogens (tertiary/aromatic N) is 1. The van der Waals surface area contributed by atoms with Gasteiger partial charge in [-0.3, -0.25) is 9.69 Å². The number of rotatable bonds is 6. The summed E-state index contributed by atoms with van der Waals surface area (Å²) < 4.78 is 0. The first-order valence-corrected chi connectivity index (χ1v) is 7.50. The smallest absolute Gasteiger partial charge is 0.224 e. The van der Waals surface area contributed by atoms with Gasteiger partial charge in [0.05, 0.1) is 0 Å². The van der Waals surface area contributed by atoms with Gasteiger partial charge in [-0.25, -0.2) is 0 Å². The van der Waals surface area contributed by atoms with E-state index >= 15 is 0 Å². The van der Waals surface area contributed by atoms with Crippen molar-refractivity contribution < 1.29 is 4.79 Å². The average Bonchev–Trinajstić information content (AvgIpc) is 2.92. The van der Waals surface area contributed by atoms with Crippen LogP contribution in [-0.4, -0.2) is 29.9 Å². The summed E-state index contributed by atoms with van der Waals surface area (Å²) in [7, 11) is 0. The molecule has 0 bridgehead atoms. The molecule has 0 saturated carbocycles. The van der Waals surface area contributed by atoms with Gasteiger partial charge >= 0.3 is 0 Å². The normalized spacial score (nSPS) is 17.1. The molecule has 4 nitrogen and oxygen atoms in total. The van der Waals surface area contributed by atoms with Crippen molar-refractivity contribution >= 4 is 11.6 Å². The summed E-state index contributed by atoms with van der Waals surface area (Å²) in [6, 6.07) is 8.23. The van der Waals surface area contributed by atoms with Crippen molar-refractivity contribution in [1.29, 1.82) is 0 Å². The van der Waals surface area contributed by atoms with Crippen molar-refractivity contribution in [1.82, 2.24) is 4.90 Å². The highest BCUT2D eigenvalue weighted by Gasteiger charge is 2.11. The first-order chi connectivity index (χ1) is 9.63. The van der Waals surface area contributed by atoms with E-state index in [2.05, 4.69) is 22.3 Å². The number of likely N-dealkylation sites (tertiary alicyclic amines) is 1. The van der Waals surface area contributed by atoms with Gasteiger partial charge in [-0.1, -0.05) is 12.1 Å². The Bertz CT molecular complexity index is 422. The summed E-state index contributed by atoms with van der Waals surface area (Å²) in [5, 5.41) is 2.91. The van der Waals surface area contributed by atoms with Crippen LogP contribution in [0.15, 0.2) is 24.3 Å². The molecule has 1 heterocycles. The Labute approximate surface area is 121 Å². The summed E-state index contributed by atoms with van der Waals surface area (Å²) in [6.07, 6.45) is 3.83. The fourth-order valence-electron chi connectivity index (χ4n) is 2.47. The molecule has 1 aliphatic heterocycles. The van der Waals surface area contributed by atoms with Gasteiger partial charge in [0, 0.05) is 24.7 Å². The van der Waals surface area contributed by atoms with Crippen molar-refractivity contribution in [3.05, 3.63) is 29.8 Å². The Hall–Kier alpha value is -1.39. The fraction of sp³-hybridized carbons (Fsp3) is 0.562. The Balaban J connectivity index is 1.80. The molecule has 2 rings (SSSR count). The van der Waals surface area contributed by atoms with Gasteiger partial charge in [0.2, 0.25) is 5.91 Å². The summed E-state index contributed by atoms with van der Waals surface area (Å²) in [4.78, 5) is 14.2. The average molecular weight is 275 g/mol. The van der Waals surface area contributed by atoms with E-state index < -0.39 is 0 Å². The van der Waals surface area contributed by atoms with Gasteiger partial charge in [-0.2, -0.15) is 0 Å². The number of anilines is 1.